The molecule has 0 saturated carbocycles. The van der Waals surface area contributed by atoms with Crippen LogP contribution in [-0.4, -0.2) is 19.0 Å². The molecule has 0 bridgehead atoms. The quantitative estimate of drug-likeness (QED) is 0.798. The van der Waals surface area contributed by atoms with Gasteiger partial charge < -0.3 is 11.1 Å². The van der Waals surface area contributed by atoms with Crippen molar-refractivity contribution in [1.29, 1.82) is 0 Å². The second-order valence-corrected chi connectivity index (χ2v) is 3.38. The summed E-state index contributed by atoms with van der Waals surface area (Å²) in [6.45, 7) is 0.955. The minimum atomic E-state index is -0.724. The lowest BCUT2D eigenvalue weighted by Gasteiger charge is -2.05. The highest BCUT2D eigenvalue weighted by atomic mass is 35.5. The van der Waals surface area contributed by atoms with Crippen LogP contribution < -0.4 is 11.1 Å². The van der Waals surface area contributed by atoms with E-state index in [0.29, 0.717) is 13.1 Å². The number of benzene rings is 1. The summed E-state index contributed by atoms with van der Waals surface area (Å²) in [7, 11) is 0. The molecule has 3 N–H and O–H groups in total. The zero-order valence-corrected chi connectivity index (χ0v) is 10.0. The van der Waals surface area contributed by atoms with Gasteiger partial charge in [-0.05, 0) is 37.6 Å². The van der Waals surface area contributed by atoms with Gasteiger partial charge in [0.05, 0.1) is 5.56 Å². The third-order valence-corrected chi connectivity index (χ3v) is 2.09. The Balaban J connectivity index is 0.00000256. The van der Waals surface area contributed by atoms with Gasteiger partial charge >= 0.3 is 0 Å². The van der Waals surface area contributed by atoms with Crippen molar-refractivity contribution >= 4 is 18.3 Å². The molecule has 0 aliphatic carbocycles. The highest BCUT2D eigenvalue weighted by Gasteiger charge is 2.11. The minimum Gasteiger partial charge on any atom is -0.352 e. The number of rotatable bonds is 5. The van der Waals surface area contributed by atoms with Crippen LogP contribution in [0.5, 0.6) is 0 Å². The predicted octanol–water partition coefficient (Wildman–Crippen LogP) is 1.86. The molecule has 6 heteroatoms. The molecule has 17 heavy (non-hydrogen) atoms. The summed E-state index contributed by atoms with van der Waals surface area (Å²) >= 11 is 0. The van der Waals surface area contributed by atoms with Crippen molar-refractivity contribution in [2.24, 2.45) is 5.73 Å². The minimum absolute atomic E-state index is 0. The molecule has 0 heterocycles. The molecule has 1 aromatic rings. The summed E-state index contributed by atoms with van der Waals surface area (Å²) < 4.78 is 25.9. The SMILES string of the molecule is Cl.NCCCCNC(=O)c1cc(F)ccc1F. The maximum Gasteiger partial charge on any atom is 0.254 e. The summed E-state index contributed by atoms with van der Waals surface area (Å²) in [5.74, 6) is -1.96. The maximum atomic E-state index is 13.1. The van der Waals surface area contributed by atoms with E-state index in [4.69, 9.17) is 5.73 Å². The molecule has 3 nitrogen and oxygen atoms in total. The van der Waals surface area contributed by atoms with Crippen LogP contribution in [0.25, 0.3) is 0 Å². The Labute approximate surface area is 105 Å². The molecule has 0 spiro atoms. The fourth-order valence-electron chi connectivity index (χ4n) is 1.24. The van der Waals surface area contributed by atoms with Crippen molar-refractivity contribution in [3.05, 3.63) is 35.4 Å². The number of carbonyl (C=O) groups excluding carboxylic acids is 1. The third-order valence-electron chi connectivity index (χ3n) is 2.09. The van der Waals surface area contributed by atoms with Crippen LogP contribution in [0.1, 0.15) is 23.2 Å². The molecular formula is C11H15ClF2N2O. The summed E-state index contributed by atoms with van der Waals surface area (Å²) in [5.41, 5.74) is 5.01. The van der Waals surface area contributed by atoms with E-state index >= 15 is 0 Å². The monoisotopic (exact) mass is 264 g/mol. The molecule has 0 aromatic heterocycles. The summed E-state index contributed by atoms with van der Waals surface area (Å²) in [4.78, 5) is 11.4. The number of nitrogens with two attached hydrogens (primary N) is 1. The van der Waals surface area contributed by atoms with Crippen molar-refractivity contribution in [1.82, 2.24) is 5.32 Å². The van der Waals surface area contributed by atoms with Gasteiger partial charge in [-0.15, -0.1) is 12.4 Å². The van der Waals surface area contributed by atoms with E-state index < -0.39 is 17.5 Å². The lowest BCUT2D eigenvalue weighted by atomic mass is 10.2. The van der Waals surface area contributed by atoms with E-state index in [1.54, 1.807) is 0 Å². The van der Waals surface area contributed by atoms with Crippen LogP contribution in [0.3, 0.4) is 0 Å². The number of nitrogens with one attached hydrogen (secondary N) is 1. The number of hydrogen-bond acceptors (Lipinski definition) is 2. The van der Waals surface area contributed by atoms with Crippen LogP contribution >= 0.6 is 12.4 Å². The molecule has 0 unspecified atom stereocenters. The number of unbranched alkanes of at least 4 members (excludes halogenated alkanes) is 1. The number of carbonyl (C=O) groups is 1. The number of amides is 1. The number of halogens is 3. The Bertz CT molecular complexity index is 374. The van der Waals surface area contributed by atoms with Crippen molar-refractivity contribution < 1.29 is 13.6 Å². The average Bonchev–Trinajstić information content (AvgIpc) is 2.27. The van der Waals surface area contributed by atoms with Gasteiger partial charge in [0.2, 0.25) is 0 Å². The van der Waals surface area contributed by atoms with E-state index in [-0.39, 0.29) is 18.0 Å². The zero-order valence-electron chi connectivity index (χ0n) is 9.21. The summed E-state index contributed by atoms with van der Waals surface area (Å²) in [5, 5.41) is 2.50. The summed E-state index contributed by atoms with van der Waals surface area (Å²) in [6.07, 6.45) is 1.51. The highest BCUT2D eigenvalue weighted by Crippen LogP contribution is 2.09. The third kappa shape index (κ3) is 5.10. The van der Waals surface area contributed by atoms with Gasteiger partial charge in [-0.25, -0.2) is 8.78 Å². The molecule has 1 aromatic carbocycles. The Kier molecular flexibility index (Phi) is 7.41. The van der Waals surface area contributed by atoms with Crippen LogP contribution in [0, 0.1) is 11.6 Å². The van der Waals surface area contributed by atoms with Gasteiger partial charge in [-0.2, -0.15) is 0 Å². The van der Waals surface area contributed by atoms with Crippen molar-refractivity contribution in [3.63, 3.8) is 0 Å². The molecule has 0 atom stereocenters. The van der Waals surface area contributed by atoms with Gasteiger partial charge in [0, 0.05) is 6.54 Å². The number of hydrogen-bond donors (Lipinski definition) is 2. The smallest absolute Gasteiger partial charge is 0.254 e. The lowest BCUT2D eigenvalue weighted by Crippen LogP contribution is -2.25. The highest BCUT2D eigenvalue weighted by molar-refractivity contribution is 5.94. The lowest BCUT2D eigenvalue weighted by molar-refractivity contribution is 0.0948. The zero-order chi connectivity index (χ0) is 12.0. The average molecular weight is 265 g/mol. The first-order chi connectivity index (χ1) is 7.65. The van der Waals surface area contributed by atoms with Crippen molar-refractivity contribution in [2.45, 2.75) is 12.8 Å². The van der Waals surface area contributed by atoms with E-state index in [1.807, 2.05) is 0 Å². The van der Waals surface area contributed by atoms with Crippen LogP contribution in [0.4, 0.5) is 8.78 Å². The molecule has 1 rings (SSSR count). The molecular weight excluding hydrogens is 250 g/mol. The van der Waals surface area contributed by atoms with E-state index in [0.717, 1.165) is 31.0 Å². The molecule has 0 radical (unpaired) electrons. The largest absolute Gasteiger partial charge is 0.352 e. The van der Waals surface area contributed by atoms with Crippen LogP contribution in [0.2, 0.25) is 0 Å². The molecule has 1 amide bonds. The van der Waals surface area contributed by atoms with Gasteiger partial charge in [0.15, 0.2) is 0 Å². The first kappa shape index (κ1) is 15.8. The second kappa shape index (κ2) is 7.97. The van der Waals surface area contributed by atoms with Gasteiger partial charge in [-0.1, -0.05) is 0 Å². The first-order valence-corrected chi connectivity index (χ1v) is 5.08. The molecule has 0 aliphatic rings. The molecule has 0 saturated heterocycles. The van der Waals surface area contributed by atoms with Crippen molar-refractivity contribution in [2.75, 3.05) is 13.1 Å². The first-order valence-electron chi connectivity index (χ1n) is 5.08. The summed E-state index contributed by atoms with van der Waals surface area (Å²) in [6, 6.07) is 2.79. The Morgan fingerprint density at radius 2 is 2.00 bits per heavy atom. The predicted molar refractivity (Wildman–Crippen MR) is 64.2 cm³/mol. The van der Waals surface area contributed by atoms with E-state index in [2.05, 4.69) is 5.32 Å². The van der Waals surface area contributed by atoms with Crippen LogP contribution in [0.15, 0.2) is 18.2 Å². The molecule has 0 fully saturated rings. The topological polar surface area (TPSA) is 55.1 Å². The van der Waals surface area contributed by atoms with Gasteiger partial charge in [0.25, 0.3) is 5.91 Å². The van der Waals surface area contributed by atoms with E-state index in [9.17, 15) is 13.6 Å². The van der Waals surface area contributed by atoms with E-state index in [1.165, 1.54) is 0 Å². The Hall–Kier alpha value is -1.20. The normalized spacial score (nSPS) is 9.59. The molecule has 0 aliphatic heterocycles. The fraction of sp³-hybridized carbons (Fsp3) is 0.364. The molecule has 96 valence electrons. The second-order valence-electron chi connectivity index (χ2n) is 3.38. The van der Waals surface area contributed by atoms with Gasteiger partial charge in [0.1, 0.15) is 11.6 Å². The standard InChI is InChI=1S/C11H14F2N2O.ClH/c12-8-3-4-10(13)9(7-8)11(16)15-6-2-1-5-14;/h3-4,7H,1-2,5-6,14H2,(H,15,16);1H. The Morgan fingerprint density at radius 3 is 2.65 bits per heavy atom. The maximum absolute atomic E-state index is 13.1. The Morgan fingerprint density at radius 1 is 1.29 bits per heavy atom. The van der Waals surface area contributed by atoms with Crippen molar-refractivity contribution in [3.8, 4) is 0 Å². The van der Waals surface area contributed by atoms with Crippen LogP contribution in [-0.2, 0) is 0 Å². The fourth-order valence-corrected chi connectivity index (χ4v) is 1.24. The van der Waals surface area contributed by atoms with Gasteiger partial charge in [-0.3, -0.25) is 4.79 Å².